The zero-order valence-corrected chi connectivity index (χ0v) is 11.1. The van der Waals surface area contributed by atoms with Gasteiger partial charge in [0, 0.05) is 18.8 Å². The van der Waals surface area contributed by atoms with Crippen molar-refractivity contribution in [1.82, 2.24) is 9.88 Å². The lowest BCUT2D eigenvalue weighted by molar-refractivity contribution is 0.226. The highest BCUT2D eigenvalue weighted by atomic mass is 15.2. The van der Waals surface area contributed by atoms with Gasteiger partial charge in [0.05, 0.1) is 5.56 Å². The van der Waals surface area contributed by atoms with Crippen molar-refractivity contribution in [2.24, 2.45) is 0 Å². The fraction of sp³-hybridized carbons (Fsp3) is 0.571. The van der Waals surface area contributed by atoms with E-state index < -0.39 is 0 Å². The monoisotopic (exact) mass is 244 g/mol. The molecular weight excluding hydrogens is 224 g/mol. The quantitative estimate of drug-likeness (QED) is 0.885. The minimum absolute atomic E-state index is 0.403. The van der Waals surface area contributed by atoms with E-state index in [1.165, 1.54) is 13.0 Å². The second-order valence-electron chi connectivity index (χ2n) is 4.84. The van der Waals surface area contributed by atoms with E-state index in [9.17, 15) is 5.26 Å². The zero-order chi connectivity index (χ0) is 13.0. The Bertz CT molecular complexity index is 450. The minimum atomic E-state index is 0.403. The molecule has 1 fully saturated rings. The normalized spacial score (nSPS) is 20.4. The second-order valence-corrected chi connectivity index (χ2v) is 4.84. The van der Waals surface area contributed by atoms with Crippen molar-refractivity contribution >= 4 is 5.82 Å². The Hall–Kier alpha value is -1.60. The molecule has 1 N–H and O–H groups in total. The van der Waals surface area contributed by atoms with Gasteiger partial charge in [0.15, 0.2) is 0 Å². The number of likely N-dealkylation sites (tertiary alicyclic amines) is 1. The molecule has 18 heavy (non-hydrogen) atoms. The second kappa shape index (κ2) is 5.83. The summed E-state index contributed by atoms with van der Waals surface area (Å²) in [6, 6.07) is 4.52. The molecule has 4 heteroatoms. The first kappa shape index (κ1) is 12.8. The Kier molecular flexibility index (Phi) is 4.16. The van der Waals surface area contributed by atoms with Crippen molar-refractivity contribution in [1.29, 1.82) is 5.26 Å². The van der Waals surface area contributed by atoms with Crippen molar-refractivity contribution in [2.75, 3.05) is 25.0 Å². The molecule has 1 unspecified atom stereocenters. The van der Waals surface area contributed by atoms with Crippen LogP contribution in [0.4, 0.5) is 5.82 Å². The van der Waals surface area contributed by atoms with Crippen LogP contribution in [0.25, 0.3) is 0 Å². The van der Waals surface area contributed by atoms with Crippen molar-refractivity contribution in [3.63, 3.8) is 0 Å². The lowest BCUT2D eigenvalue weighted by atomic mass is 10.0. The van der Waals surface area contributed by atoms with Gasteiger partial charge in [0.1, 0.15) is 11.9 Å². The van der Waals surface area contributed by atoms with Gasteiger partial charge in [-0.1, -0.05) is 6.92 Å². The average Bonchev–Trinajstić information content (AvgIpc) is 2.39. The van der Waals surface area contributed by atoms with Crippen LogP contribution in [0.5, 0.6) is 0 Å². The van der Waals surface area contributed by atoms with Crippen LogP contribution in [0.3, 0.4) is 0 Å². The van der Waals surface area contributed by atoms with Gasteiger partial charge in [0.2, 0.25) is 0 Å². The lowest BCUT2D eigenvalue weighted by Gasteiger charge is -2.32. The zero-order valence-electron chi connectivity index (χ0n) is 11.1. The van der Waals surface area contributed by atoms with Crippen LogP contribution in [0.1, 0.15) is 30.9 Å². The number of nitrogens with one attached hydrogen (secondary N) is 1. The molecule has 1 aliphatic rings. The Morgan fingerprint density at radius 3 is 3.17 bits per heavy atom. The molecule has 0 saturated carbocycles. The van der Waals surface area contributed by atoms with Crippen LogP contribution in [-0.4, -0.2) is 35.6 Å². The van der Waals surface area contributed by atoms with Gasteiger partial charge in [-0.25, -0.2) is 4.98 Å². The molecule has 0 radical (unpaired) electrons. The van der Waals surface area contributed by atoms with Gasteiger partial charge < -0.3 is 10.2 Å². The number of rotatable bonds is 3. The minimum Gasteiger partial charge on any atom is -0.365 e. The number of pyridine rings is 1. The van der Waals surface area contributed by atoms with Gasteiger partial charge >= 0.3 is 0 Å². The number of likely N-dealkylation sites (N-methyl/N-ethyl adjacent to an activating group) is 1. The van der Waals surface area contributed by atoms with Gasteiger partial charge in [-0.2, -0.15) is 5.26 Å². The predicted octanol–water partition coefficient (Wildman–Crippen LogP) is 2.16. The van der Waals surface area contributed by atoms with Crippen molar-refractivity contribution in [2.45, 2.75) is 32.7 Å². The van der Waals surface area contributed by atoms with E-state index in [-0.39, 0.29) is 0 Å². The Morgan fingerprint density at radius 2 is 2.44 bits per heavy atom. The summed E-state index contributed by atoms with van der Waals surface area (Å²) >= 11 is 0. The third kappa shape index (κ3) is 2.80. The summed E-state index contributed by atoms with van der Waals surface area (Å²) in [5.74, 6) is 0.737. The molecule has 0 aliphatic carbocycles. The van der Waals surface area contributed by atoms with Crippen molar-refractivity contribution < 1.29 is 0 Å². The van der Waals surface area contributed by atoms with Gasteiger partial charge in [0.25, 0.3) is 0 Å². The fourth-order valence-electron chi connectivity index (χ4n) is 2.46. The average molecular weight is 244 g/mol. The van der Waals surface area contributed by atoms with Crippen molar-refractivity contribution in [3.8, 4) is 6.07 Å². The molecule has 1 aromatic heterocycles. The molecular formula is C14H20N4. The molecule has 1 aromatic rings. The van der Waals surface area contributed by atoms with Crippen molar-refractivity contribution in [3.05, 3.63) is 23.4 Å². The molecule has 0 amide bonds. The number of piperidine rings is 1. The molecule has 2 rings (SSSR count). The highest BCUT2D eigenvalue weighted by molar-refractivity contribution is 5.55. The van der Waals surface area contributed by atoms with Crippen LogP contribution in [0.15, 0.2) is 12.3 Å². The highest BCUT2D eigenvalue weighted by Crippen LogP contribution is 2.19. The molecule has 0 bridgehead atoms. The molecule has 1 aliphatic heterocycles. The lowest BCUT2D eigenvalue weighted by Crippen LogP contribution is -2.42. The smallest absolute Gasteiger partial charge is 0.144 e. The fourth-order valence-corrected chi connectivity index (χ4v) is 2.46. The number of nitrogens with zero attached hydrogens (tertiary/aromatic N) is 3. The first-order valence-electron chi connectivity index (χ1n) is 6.59. The third-order valence-corrected chi connectivity index (χ3v) is 3.56. The molecule has 4 nitrogen and oxygen atoms in total. The standard InChI is InChI=1S/C14H20N4/c1-3-18-8-4-5-12(10-18)17-14-13(9-15)11(2)6-7-16-14/h6-7,12H,3-5,8,10H2,1-2H3,(H,16,17). The maximum atomic E-state index is 9.19. The topological polar surface area (TPSA) is 52.0 Å². The first-order chi connectivity index (χ1) is 8.74. The highest BCUT2D eigenvalue weighted by Gasteiger charge is 2.20. The van der Waals surface area contributed by atoms with Crippen LogP contribution < -0.4 is 5.32 Å². The van der Waals surface area contributed by atoms with Crippen LogP contribution in [0, 0.1) is 18.3 Å². The Labute approximate surface area is 109 Å². The Balaban J connectivity index is 2.10. The molecule has 1 atom stereocenters. The molecule has 1 saturated heterocycles. The largest absolute Gasteiger partial charge is 0.365 e. The van der Waals surface area contributed by atoms with Crippen LogP contribution in [0.2, 0.25) is 0 Å². The van der Waals surface area contributed by atoms with E-state index in [2.05, 4.69) is 28.2 Å². The summed E-state index contributed by atoms with van der Waals surface area (Å²) in [7, 11) is 0. The summed E-state index contributed by atoms with van der Waals surface area (Å²) in [5.41, 5.74) is 1.66. The van der Waals surface area contributed by atoms with E-state index in [0.717, 1.165) is 30.9 Å². The Morgan fingerprint density at radius 1 is 1.61 bits per heavy atom. The van der Waals surface area contributed by atoms with E-state index in [4.69, 9.17) is 0 Å². The maximum Gasteiger partial charge on any atom is 0.144 e. The van der Waals surface area contributed by atoms with Gasteiger partial charge in [-0.3, -0.25) is 0 Å². The molecule has 0 spiro atoms. The van der Waals surface area contributed by atoms with E-state index >= 15 is 0 Å². The third-order valence-electron chi connectivity index (χ3n) is 3.56. The van der Waals surface area contributed by atoms with E-state index in [1.807, 2.05) is 13.0 Å². The predicted molar refractivity (Wildman–Crippen MR) is 72.4 cm³/mol. The number of aryl methyl sites for hydroxylation is 1. The molecule has 96 valence electrons. The molecule has 2 heterocycles. The first-order valence-corrected chi connectivity index (χ1v) is 6.59. The number of hydrogen-bond acceptors (Lipinski definition) is 4. The molecule has 0 aromatic carbocycles. The number of nitriles is 1. The summed E-state index contributed by atoms with van der Waals surface area (Å²) in [6.07, 6.45) is 4.12. The number of hydrogen-bond donors (Lipinski definition) is 1. The van der Waals surface area contributed by atoms with Crippen LogP contribution >= 0.6 is 0 Å². The summed E-state index contributed by atoms with van der Waals surface area (Å²) in [5, 5.41) is 12.6. The van der Waals surface area contributed by atoms with Crippen LogP contribution in [-0.2, 0) is 0 Å². The SMILES string of the molecule is CCN1CCCC(Nc2nccc(C)c2C#N)C1. The van der Waals surface area contributed by atoms with Gasteiger partial charge in [-0.05, 0) is 44.5 Å². The maximum absolute atomic E-state index is 9.19. The number of anilines is 1. The van der Waals surface area contributed by atoms with E-state index in [1.54, 1.807) is 6.20 Å². The number of aromatic nitrogens is 1. The van der Waals surface area contributed by atoms with Gasteiger partial charge in [-0.15, -0.1) is 0 Å². The summed E-state index contributed by atoms with van der Waals surface area (Å²) in [4.78, 5) is 6.74. The summed E-state index contributed by atoms with van der Waals surface area (Å²) in [6.45, 7) is 7.45. The van der Waals surface area contributed by atoms with E-state index in [0.29, 0.717) is 11.6 Å². The summed E-state index contributed by atoms with van der Waals surface area (Å²) < 4.78 is 0.